The number of allylic oxidation sites excluding steroid dienone is 3. The molecule has 1 aliphatic rings. The molecule has 1 aromatic heterocycles. The number of aromatic nitrogens is 2. The van der Waals surface area contributed by atoms with E-state index in [9.17, 15) is 0 Å². The van der Waals surface area contributed by atoms with Crippen molar-refractivity contribution in [3.05, 3.63) is 35.7 Å². The summed E-state index contributed by atoms with van der Waals surface area (Å²) in [5, 5.41) is 6.86. The van der Waals surface area contributed by atoms with Crippen molar-refractivity contribution in [3.63, 3.8) is 0 Å². The van der Waals surface area contributed by atoms with Crippen LogP contribution in [0.15, 0.2) is 24.4 Å². The number of H-pyrrole nitrogens is 1. The maximum absolute atomic E-state index is 3.94. The van der Waals surface area contributed by atoms with E-state index in [0.29, 0.717) is 0 Å². The molecule has 0 aliphatic heterocycles. The fourth-order valence-electron chi connectivity index (χ4n) is 1.05. The van der Waals surface area contributed by atoms with E-state index in [1.165, 1.54) is 5.56 Å². The van der Waals surface area contributed by atoms with Crippen LogP contribution in [0.25, 0.3) is 6.08 Å². The molecule has 50 valence electrons. The van der Waals surface area contributed by atoms with Crippen LogP contribution in [0.1, 0.15) is 11.3 Å². The molecule has 1 aromatic rings. The first-order chi connectivity index (χ1) is 4.97. The van der Waals surface area contributed by atoms with Gasteiger partial charge in [0.05, 0.1) is 11.9 Å². The van der Waals surface area contributed by atoms with E-state index in [-0.39, 0.29) is 0 Å². The number of aromatic amines is 1. The highest BCUT2D eigenvalue weighted by molar-refractivity contribution is 5.52. The fourth-order valence-corrected chi connectivity index (χ4v) is 1.05. The van der Waals surface area contributed by atoms with E-state index < -0.39 is 0 Å². The Kier molecular flexibility index (Phi) is 1.17. The SMILES string of the molecule is C1=CCc2cn[nH]c2C=C1. The molecule has 2 rings (SSSR count). The quantitative estimate of drug-likeness (QED) is 0.569. The second-order valence-corrected chi connectivity index (χ2v) is 2.30. The Labute approximate surface area is 59.3 Å². The highest BCUT2D eigenvalue weighted by atomic mass is 15.1. The maximum Gasteiger partial charge on any atom is 0.0612 e. The molecule has 0 amide bonds. The van der Waals surface area contributed by atoms with Gasteiger partial charge >= 0.3 is 0 Å². The number of fused-ring (bicyclic) bond motifs is 1. The van der Waals surface area contributed by atoms with Gasteiger partial charge in [-0.15, -0.1) is 0 Å². The lowest BCUT2D eigenvalue weighted by atomic mass is 10.2. The van der Waals surface area contributed by atoms with Crippen molar-refractivity contribution in [2.24, 2.45) is 0 Å². The largest absolute Gasteiger partial charge is 0.278 e. The summed E-state index contributed by atoms with van der Waals surface area (Å²) in [4.78, 5) is 0. The first-order valence-corrected chi connectivity index (χ1v) is 3.32. The van der Waals surface area contributed by atoms with Crippen LogP contribution in [-0.4, -0.2) is 10.2 Å². The molecule has 10 heavy (non-hydrogen) atoms. The topological polar surface area (TPSA) is 28.7 Å². The molecule has 1 N–H and O–H groups in total. The number of hydrogen-bond donors (Lipinski definition) is 1. The maximum atomic E-state index is 3.94. The molecule has 2 nitrogen and oxygen atoms in total. The van der Waals surface area contributed by atoms with Gasteiger partial charge in [-0.1, -0.05) is 18.2 Å². The van der Waals surface area contributed by atoms with Crippen molar-refractivity contribution < 1.29 is 0 Å². The van der Waals surface area contributed by atoms with Gasteiger partial charge in [-0.3, -0.25) is 5.10 Å². The van der Waals surface area contributed by atoms with E-state index in [1.54, 1.807) is 0 Å². The smallest absolute Gasteiger partial charge is 0.0612 e. The van der Waals surface area contributed by atoms with Crippen molar-refractivity contribution in [2.75, 3.05) is 0 Å². The molecule has 2 heteroatoms. The lowest BCUT2D eigenvalue weighted by Gasteiger charge is -1.87. The minimum atomic E-state index is 0.985. The monoisotopic (exact) mass is 132 g/mol. The Balaban J connectivity index is 2.50. The summed E-state index contributed by atoms with van der Waals surface area (Å²) in [6, 6.07) is 0. The van der Waals surface area contributed by atoms with Crippen molar-refractivity contribution in [1.82, 2.24) is 10.2 Å². The standard InChI is InChI=1S/C8H8N2/c1-2-4-7-6-9-10-8(7)5-3-1/h1-3,5-6H,4H2,(H,9,10). The molecule has 0 unspecified atom stereocenters. The summed E-state index contributed by atoms with van der Waals surface area (Å²) in [5.41, 5.74) is 2.40. The van der Waals surface area contributed by atoms with Crippen LogP contribution in [0.5, 0.6) is 0 Å². The summed E-state index contributed by atoms with van der Waals surface area (Å²) in [6.07, 6.45) is 11.1. The van der Waals surface area contributed by atoms with Crippen LogP contribution in [0.2, 0.25) is 0 Å². The minimum Gasteiger partial charge on any atom is -0.278 e. The zero-order chi connectivity index (χ0) is 6.81. The predicted octanol–water partition coefficient (Wildman–Crippen LogP) is 1.54. The van der Waals surface area contributed by atoms with Gasteiger partial charge in [-0.25, -0.2) is 0 Å². The molecule has 0 atom stereocenters. The van der Waals surface area contributed by atoms with Gasteiger partial charge in [0, 0.05) is 5.56 Å². The molecule has 0 aromatic carbocycles. The van der Waals surface area contributed by atoms with Gasteiger partial charge in [-0.05, 0) is 12.5 Å². The lowest BCUT2D eigenvalue weighted by molar-refractivity contribution is 1.08. The number of hydrogen-bond acceptors (Lipinski definition) is 1. The molecular weight excluding hydrogens is 124 g/mol. The third-order valence-electron chi connectivity index (χ3n) is 1.60. The Hall–Kier alpha value is -1.31. The van der Waals surface area contributed by atoms with Gasteiger partial charge in [0.2, 0.25) is 0 Å². The third kappa shape index (κ3) is 0.778. The van der Waals surface area contributed by atoms with Gasteiger partial charge in [0.1, 0.15) is 0 Å². The molecule has 1 aliphatic carbocycles. The van der Waals surface area contributed by atoms with Gasteiger partial charge in [0.15, 0.2) is 0 Å². The molecule has 0 radical (unpaired) electrons. The summed E-state index contributed by atoms with van der Waals surface area (Å²) in [6.45, 7) is 0. The Bertz CT molecular complexity index is 281. The van der Waals surface area contributed by atoms with E-state index in [2.05, 4.69) is 16.3 Å². The average Bonchev–Trinajstić information content (AvgIpc) is 2.28. The van der Waals surface area contributed by atoms with Crippen LogP contribution >= 0.6 is 0 Å². The van der Waals surface area contributed by atoms with Crippen molar-refractivity contribution in [1.29, 1.82) is 0 Å². The summed E-state index contributed by atoms with van der Waals surface area (Å²) in [7, 11) is 0. The van der Waals surface area contributed by atoms with Gasteiger partial charge < -0.3 is 0 Å². The van der Waals surface area contributed by atoms with Crippen LogP contribution in [0.4, 0.5) is 0 Å². The zero-order valence-corrected chi connectivity index (χ0v) is 5.54. The van der Waals surface area contributed by atoms with E-state index in [0.717, 1.165) is 12.1 Å². The summed E-state index contributed by atoms with van der Waals surface area (Å²) >= 11 is 0. The lowest BCUT2D eigenvalue weighted by Crippen LogP contribution is -1.78. The van der Waals surface area contributed by atoms with Gasteiger partial charge in [-0.2, -0.15) is 5.10 Å². The van der Waals surface area contributed by atoms with Crippen molar-refractivity contribution >= 4 is 6.08 Å². The zero-order valence-electron chi connectivity index (χ0n) is 5.54. The second-order valence-electron chi connectivity index (χ2n) is 2.30. The number of rotatable bonds is 0. The predicted molar refractivity (Wildman–Crippen MR) is 40.5 cm³/mol. The van der Waals surface area contributed by atoms with Crippen LogP contribution in [0, 0.1) is 0 Å². The average molecular weight is 132 g/mol. The van der Waals surface area contributed by atoms with E-state index >= 15 is 0 Å². The van der Waals surface area contributed by atoms with Gasteiger partial charge in [0.25, 0.3) is 0 Å². The molecule has 0 bridgehead atoms. The minimum absolute atomic E-state index is 0.985. The normalized spacial score (nSPS) is 14.8. The highest BCUT2D eigenvalue weighted by Crippen LogP contribution is 2.10. The molecule has 0 saturated carbocycles. The Morgan fingerprint density at radius 1 is 1.40 bits per heavy atom. The van der Waals surface area contributed by atoms with Crippen molar-refractivity contribution in [3.8, 4) is 0 Å². The summed E-state index contributed by atoms with van der Waals surface area (Å²) in [5.74, 6) is 0. The van der Waals surface area contributed by atoms with E-state index in [4.69, 9.17) is 0 Å². The van der Waals surface area contributed by atoms with Crippen molar-refractivity contribution in [2.45, 2.75) is 6.42 Å². The Morgan fingerprint density at radius 3 is 3.40 bits per heavy atom. The second kappa shape index (κ2) is 2.14. The fraction of sp³-hybridized carbons (Fsp3) is 0.125. The molecule has 1 heterocycles. The van der Waals surface area contributed by atoms with E-state index in [1.807, 2.05) is 24.4 Å². The molecule has 0 spiro atoms. The third-order valence-corrected chi connectivity index (χ3v) is 1.60. The summed E-state index contributed by atoms with van der Waals surface area (Å²) < 4.78 is 0. The first-order valence-electron chi connectivity index (χ1n) is 3.32. The molecular formula is C8H8N2. The van der Waals surface area contributed by atoms with Crippen LogP contribution in [0.3, 0.4) is 0 Å². The van der Waals surface area contributed by atoms with Crippen LogP contribution in [-0.2, 0) is 6.42 Å². The molecule has 0 fully saturated rings. The highest BCUT2D eigenvalue weighted by Gasteiger charge is 1.99. The van der Waals surface area contributed by atoms with Crippen LogP contribution < -0.4 is 0 Å². The Morgan fingerprint density at radius 2 is 2.40 bits per heavy atom. The number of nitrogens with zero attached hydrogens (tertiary/aromatic N) is 1. The number of nitrogens with one attached hydrogen (secondary N) is 1. The first kappa shape index (κ1) is 5.47. The molecule has 0 saturated heterocycles.